The van der Waals surface area contributed by atoms with Crippen molar-refractivity contribution < 1.29 is 9.59 Å². The Morgan fingerprint density at radius 3 is 2.33 bits per heavy atom. The van der Waals surface area contributed by atoms with Crippen molar-refractivity contribution in [1.29, 1.82) is 0 Å². The van der Waals surface area contributed by atoms with E-state index >= 15 is 0 Å². The third kappa shape index (κ3) is 4.00. The summed E-state index contributed by atoms with van der Waals surface area (Å²) in [6, 6.07) is 0. The van der Waals surface area contributed by atoms with E-state index < -0.39 is 0 Å². The predicted octanol–water partition coefficient (Wildman–Crippen LogP) is 1.70. The molecule has 2 fully saturated rings. The lowest BCUT2D eigenvalue weighted by atomic mass is 9.87. The van der Waals surface area contributed by atoms with Crippen molar-refractivity contribution in [3.8, 4) is 0 Å². The summed E-state index contributed by atoms with van der Waals surface area (Å²) in [7, 11) is 0. The lowest BCUT2D eigenvalue weighted by Gasteiger charge is -2.21. The summed E-state index contributed by atoms with van der Waals surface area (Å²) in [6.45, 7) is 1.90. The zero-order valence-corrected chi connectivity index (χ0v) is 11.1. The highest BCUT2D eigenvalue weighted by molar-refractivity contribution is 5.84. The van der Waals surface area contributed by atoms with Crippen LogP contribution in [-0.4, -0.2) is 36.3 Å². The summed E-state index contributed by atoms with van der Waals surface area (Å²) in [5, 5.41) is 2.78. The van der Waals surface area contributed by atoms with Gasteiger partial charge in [-0.2, -0.15) is 0 Å². The highest BCUT2D eigenvalue weighted by atomic mass is 16.2. The lowest BCUT2D eigenvalue weighted by Crippen LogP contribution is -2.39. The van der Waals surface area contributed by atoms with Gasteiger partial charge in [0, 0.05) is 19.5 Å². The van der Waals surface area contributed by atoms with Gasteiger partial charge in [0.25, 0.3) is 0 Å². The smallest absolute Gasteiger partial charge is 0.241 e. The van der Waals surface area contributed by atoms with Crippen LogP contribution in [0.4, 0.5) is 0 Å². The number of nitrogens with zero attached hydrogens (tertiary/aromatic N) is 1. The molecular weight excluding hydrogens is 228 g/mol. The maximum atomic E-state index is 11.8. The molecule has 102 valence electrons. The van der Waals surface area contributed by atoms with Crippen LogP contribution in [0.15, 0.2) is 0 Å². The number of rotatable bonds is 4. The van der Waals surface area contributed by atoms with Crippen molar-refractivity contribution in [2.75, 3.05) is 19.6 Å². The molecule has 0 aromatic rings. The Kier molecular flexibility index (Phi) is 5.02. The molecule has 1 heterocycles. The summed E-state index contributed by atoms with van der Waals surface area (Å²) in [4.78, 5) is 25.4. The molecule has 1 aliphatic heterocycles. The molecule has 18 heavy (non-hydrogen) atoms. The average Bonchev–Trinajstić information content (AvgIpc) is 2.91. The second kappa shape index (κ2) is 6.76. The summed E-state index contributed by atoms with van der Waals surface area (Å²) in [6.07, 6.45) is 8.97. The second-order valence-corrected chi connectivity index (χ2v) is 5.57. The van der Waals surface area contributed by atoms with E-state index in [1.165, 1.54) is 32.1 Å². The van der Waals surface area contributed by atoms with E-state index in [1.54, 1.807) is 0 Å². The van der Waals surface area contributed by atoms with Crippen LogP contribution < -0.4 is 5.32 Å². The first kappa shape index (κ1) is 13.4. The Morgan fingerprint density at radius 2 is 1.67 bits per heavy atom. The summed E-state index contributed by atoms with van der Waals surface area (Å²) < 4.78 is 0. The second-order valence-electron chi connectivity index (χ2n) is 5.57. The number of likely N-dealkylation sites (tertiary alicyclic amines) is 1. The topological polar surface area (TPSA) is 49.4 Å². The maximum Gasteiger partial charge on any atom is 0.241 e. The van der Waals surface area contributed by atoms with Crippen molar-refractivity contribution >= 4 is 11.8 Å². The van der Waals surface area contributed by atoms with Crippen molar-refractivity contribution in [1.82, 2.24) is 10.2 Å². The summed E-state index contributed by atoms with van der Waals surface area (Å²) in [5.74, 6) is 0.666. The first-order valence-corrected chi connectivity index (χ1v) is 7.30. The Hall–Kier alpha value is -1.06. The van der Waals surface area contributed by atoms with E-state index in [2.05, 4.69) is 5.32 Å². The van der Waals surface area contributed by atoms with E-state index in [4.69, 9.17) is 0 Å². The monoisotopic (exact) mass is 252 g/mol. The molecule has 2 rings (SSSR count). The van der Waals surface area contributed by atoms with Gasteiger partial charge in [0.05, 0.1) is 6.54 Å². The van der Waals surface area contributed by atoms with E-state index in [-0.39, 0.29) is 18.4 Å². The molecule has 0 radical (unpaired) electrons. The van der Waals surface area contributed by atoms with Crippen LogP contribution in [0.3, 0.4) is 0 Å². The zero-order valence-electron chi connectivity index (χ0n) is 11.1. The van der Waals surface area contributed by atoms with Gasteiger partial charge in [-0.05, 0) is 31.6 Å². The van der Waals surface area contributed by atoms with Crippen LogP contribution in [0, 0.1) is 5.92 Å². The van der Waals surface area contributed by atoms with Crippen LogP contribution in [-0.2, 0) is 9.59 Å². The Balaban J connectivity index is 1.63. The van der Waals surface area contributed by atoms with Crippen molar-refractivity contribution in [2.24, 2.45) is 5.92 Å². The Labute approximate surface area is 109 Å². The van der Waals surface area contributed by atoms with Crippen LogP contribution in [0.5, 0.6) is 0 Å². The molecule has 1 N–H and O–H groups in total. The fraction of sp³-hybridized carbons (Fsp3) is 0.857. The zero-order chi connectivity index (χ0) is 12.8. The lowest BCUT2D eigenvalue weighted by molar-refractivity contribution is -0.132. The van der Waals surface area contributed by atoms with Crippen molar-refractivity contribution in [2.45, 2.75) is 51.4 Å². The fourth-order valence-corrected chi connectivity index (χ4v) is 2.98. The quantitative estimate of drug-likeness (QED) is 0.828. The van der Waals surface area contributed by atoms with E-state index in [0.717, 1.165) is 25.9 Å². The van der Waals surface area contributed by atoms with Crippen LogP contribution in [0.2, 0.25) is 0 Å². The molecule has 1 saturated heterocycles. The Bertz CT molecular complexity index is 292. The fourth-order valence-electron chi connectivity index (χ4n) is 2.98. The number of hydrogen-bond acceptors (Lipinski definition) is 2. The molecule has 1 saturated carbocycles. The molecule has 0 atom stereocenters. The molecule has 4 nitrogen and oxygen atoms in total. The van der Waals surface area contributed by atoms with Gasteiger partial charge < -0.3 is 10.2 Å². The third-order valence-corrected chi connectivity index (χ3v) is 4.09. The van der Waals surface area contributed by atoms with Crippen LogP contribution in [0.1, 0.15) is 51.4 Å². The molecule has 2 amide bonds. The van der Waals surface area contributed by atoms with E-state index in [1.807, 2.05) is 4.90 Å². The van der Waals surface area contributed by atoms with E-state index in [0.29, 0.717) is 12.3 Å². The normalized spacial score (nSPS) is 21.0. The first-order chi connectivity index (χ1) is 8.75. The van der Waals surface area contributed by atoms with Gasteiger partial charge in [0.2, 0.25) is 11.8 Å². The van der Waals surface area contributed by atoms with Crippen molar-refractivity contribution in [3.05, 3.63) is 0 Å². The molecule has 0 aromatic carbocycles. The minimum atomic E-state index is 0.0504. The Morgan fingerprint density at radius 1 is 1.00 bits per heavy atom. The van der Waals surface area contributed by atoms with Crippen molar-refractivity contribution in [3.63, 3.8) is 0 Å². The molecule has 1 aliphatic carbocycles. The number of amides is 2. The standard InChI is InChI=1S/C14H24N2O2/c17-13(10-12-6-2-1-3-7-12)15-11-14(18)16-8-4-5-9-16/h12H,1-11H2,(H,15,17). The van der Waals surface area contributed by atoms with Gasteiger partial charge in [-0.1, -0.05) is 19.3 Å². The van der Waals surface area contributed by atoms with Gasteiger partial charge in [-0.25, -0.2) is 0 Å². The molecular formula is C14H24N2O2. The molecule has 0 bridgehead atoms. The largest absolute Gasteiger partial charge is 0.347 e. The van der Waals surface area contributed by atoms with E-state index in [9.17, 15) is 9.59 Å². The highest BCUT2D eigenvalue weighted by Gasteiger charge is 2.20. The molecule has 2 aliphatic rings. The molecule has 4 heteroatoms. The number of carbonyl (C=O) groups is 2. The molecule has 0 unspecified atom stereocenters. The average molecular weight is 252 g/mol. The highest BCUT2D eigenvalue weighted by Crippen LogP contribution is 2.25. The van der Waals surface area contributed by atoms with Crippen LogP contribution in [0.25, 0.3) is 0 Å². The minimum Gasteiger partial charge on any atom is -0.347 e. The number of hydrogen-bond donors (Lipinski definition) is 1. The van der Waals surface area contributed by atoms with Gasteiger partial charge >= 0.3 is 0 Å². The third-order valence-electron chi connectivity index (χ3n) is 4.09. The first-order valence-electron chi connectivity index (χ1n) is 7.30. The van der Waals surface area contributed by atoms with Gasteiger partial charge in [-0.3, -0.25) is 9.59 Å². The number of carbonyl (C=O) groups excluding carboxylic acids is 2. The minimum absolute atomic E-state index is 0.0504. The molecule has 0 aromatic heterocycles. The summed E-state index contributed by atoms with van der Waals surface area (Å²) in [5.41, 5.74) is 0. The van der Waals surface area contributed by atoms with Crippen LogP contribution >= 0.6 is 0 Å². The molecule has 0 spiro atoms. The van der Waals surface area contributed by atoms with Gasteiger partial charge in [0.1, 0.15) is 0 Å². The maximum absolute atomic E-state index is 11.8. The number of nitrogens with one attached hydrogen (secondary N) is 1. The van der Waals surface area contributed by atoms with Gasteiger partial charge in [0.15, 0.2) is 0 Å². The SMILES string of the molecule is O=C(CC1CCCCC1)NCC(=O)N1CCCC1. The summed E-state index contributed by atoms with van der Waals surface area (Å²) >= 11 is 0. The predicted molar refractivity (Wildman–Crippen MR) is 70.0 cm³/mol. The van der Waals surface area contributed by atoms with Gasteiger partial charge in [-0.15, -0.1) is 0 Å².